The highest BCUT2D eigenvalue weighted by molar-refractivity contribution is 5.71. The number of rotatable bonds is 4. The SMILES string of the molecule is C[C@H](CCn1cnc2cccnc2c1=O)N1CCOCC1. The van der Waals surface area contributed by atoms with E-state index >= 15 is 0 Å². The Balaban J connectivity index is 1.70. The molecule has 1 fully saturated rings. The number of ether oxygens (including phenoxy) is 1. The van der Waals surface area contributed by atoms with Crippen LogP contribution in [0.5, 0.6) is 0 Å². The lowest BCUT2D eigenvalue weighted by Crippen LogP contribution is -2.42. The van der Waals surface area contributed by atoms with Gasteiger partial charge in [-0.25, -0.2) is 9.97 Å². The molecule has 0 saturated carbocycles. The maximum Gasteiger partial charge on any atom is 0.279 e. The monoisotopic (exact) mass is 288 g/mol. The third-order valence-corrected chi connectivity index (χ3v) is 4.04. The lowest BCUT2D eigenvalue weighted by Gasteiger charge is -2.32. The third kappa shape index (κ3) is 3.11. The first-order valence-electron chi connectivity index (χ1n) is 7.37. The Labute approximate surface area is 123 Å². The highest BCUT2D eigenvalue weighted by Gasteiger charge is 2.17. The van der Waals surface area contributed by atoms with Gasteiger partial charge in [-0.3, -0.25) is 14.3 Å². The Morgan fingerprint density at radius 1 is 1.33 bits per heavy atom. The molecule has 21 heavy (non-hydrogen) atoms. The zero-order valence-electron chi connectivity index (χ0n) is 12.2. The van der Waals surface area contributed by atoms with E-state index in [9.17, 15) is 4.79 Å². The van der Waals surface area contributed by atoms with E-state index in [4.69, 9.17) is 4.74 Å². The maximum absolute atomic E-state index is 12.3. The topological polar surface area (TPSA) is 60.2 Å². The summed E-state index contributed by atoms with van der Waals surface area (Å²) in [6, 6.07) is 4.03. The number of nitrogens with zero attached hydrogens (tertiary/aromatic N) is 4. The molecule has 2 aromatic rings. The highest BCUT2D eigenvalue weighted by atomic mass is 16.5. The Bertz CT molecular complexity index is 664. The van der Waals surface area contributed by atoms with E-state index in [0.717, 1.165) is 32.7 Å². The standard InChI is InChI=1S/C15H20N4O2/c1-12(18-7-9-21-10-8-18)4-6-19-11-17-13-3-2-5-16-14(13)15(19)20/h2-3,5,11-12H,4,6-10H2,1H3/t12-/m1/s1. The van der Waals surface area contributed by atoms with E-state index in [1.165, 1.54) is 0 Å². The Morgan fingerprint density at radius 3 is 2.95 bits per heavy atom. The molecular weight excluding hydrogens is 268 g/mol. The summed E-state index contributed by atoms with van der Waals surface area (Å²) in [5.74, 6) is 0. The van der Waals surface area contributed by atoms with Crippen LogP contribution in [0.2, 0.25) is 0 Å². The van der Waals surface area contributed by atoms with Crippen LogP contribution in [0.1, 0.15) is 13.3 Å². The molecule has 6 heteroatoms. The van der Waals surface area contributed by atoms with Crippen LogP contribution >= 0.6 is 0 Å². The minimum atomic E-state index is -0.0604. The molecule has 1 aliphatic heterocycles. The van der Waals surface area contributed by atoms with E-state index in [1.807, 2.05) is 6.07 Å². The summed E-state index contributed by atoms with van der Waals surface area (Å²) in [5, 5.41) is 0. The predicted molar refractivity (Wildman–Crippen MR) is 80.3 cm³/mol. The largest absolute Gasteiger partial charge is 0.379 e. The summed E-state index contributed by atoms with van der Waals surface area (Å²) in [5.41, 5.74) is 1.04. The zero-order chi connectivity index (χ0) is 14.7. The molecule has 3 rings (SSSR count). The van der Waals surface area contributed by atoms with Crippen LogP contribution in [-0.4, -0.2) is 51.8 Å². The van der Waals surface area contributed by atoms with Crippen molar-refractivity contribution in [3.63, 3.8) is 0 Å². The molecule has 0 spiro atoms. The van der Waals surface area contributed by atoms with E-state index in [1.54, 1.807) is 23.2 Å². The molecule has 0 N–H and O–H groups in total. The summed E-state index contributed by atoms with van der Waals surface area (Å²) in [6.45, 7) is 6.39. The summed E-state index contributed by atoms with van der Waals surface area (Å²) >= 11 is 0. The van der Waals surface area contributed by atoms with E-state index < -0.39 is 0 Å². The molecule has 1 saturated heterocycles. The van der Waals surface area contributed by atoms with Crippen LogP contribution in [0, 0.1) is 0 Å². The number of fused-ring (bicyclic) bond motifs is 1. The van der Waals surface area contributed by atoms with Crippen LogP contribution in [0.4, 0.5) is 0 Å². The quantitative estimate of drug-likeness (QED) is 0.836. The first kappa shape index (κ1) is 14.2. The maximum atomic E-state index is 12.3. The molecule has 0 amide bonds. The van der Waals surface area contributed by atoms with Gasteiger partial charge in [0.1, 0.15) is 0 Å². The van der Waals surface area contributed by atoms with Gasteiger partial charge < -0.3 is 4.74 Å². The Morgan fingerprint density at radius 2 is 2.14 bits per heavy atom. The van der Waals surface area contributed by atoms with Crippen LogP contribution in [0.15, 0.2) is 29.5 Å². The fraction of sp³-hybridized carbons (Fsp3) is 0.533. The second kappa shape index (κ2) is 6.32. The molecular formula is C15H20N4O2. The number of morpholine rings is 1. The summed E-state index contributed by atoms with van der Waals surface area (Å²) < 4.78 is 7.02. The van der Waals surface area contributed by atoms with Gasteiger partial charge in [0.15, 0.2) is 5.52 Å². The van der Waals surface area contributed by atoms with Gasteiger partial charge in [0, 0.05) is 31.9 Å². The minimum absolute atomic E-state index is 0.0604. The molecule has 1 atom stereocenters. The molecule has 1 aliphatic rings. The lowest BCUT2D eigenvalue weighted by molar-refractivity contribution is 0.0178. The van der Waals surface area contributed by atoms with Gasteiger partial charge in [-0.15, -0.1) is 0 Å². The van der Waals surface area contributed by atoms with Crippen LogP contribution in [0.25, 0.3) is 11.0 Å². The van der Waals surface area contributed by atoms with Crippen molar-refractivity contribution in [2.45, 2.75) is 25.9 Å². The van der Waals surface area contributed by atoms with E-state index in [2.05, 4.69) is 21.8 Å². The van der Waals surface area contributed by atoms with Gasteiger partial charge in [-0.05, 0) is 25.5 Å². The van der Waals surface area contributed by atoms with Crippen molar-refractivity contribution < 1.29 is 4.74 Å². The average molecular weight is 288 g/mol. The fourth-order valence-electron chi connectivity index (χ4n) is 2.67. The van der Waals surface area contributed by atoms with Gasteiger partial charge in [0.25, 0.3) is 5.56 Å². The molecule has 6 nitrogen and oxygen atoms in total. The smallest absolute Gasteiger partial charge is 0.279 e. The molecule has 3 heterocycles. The van der Waals surface area contributed by atoms with Gasteiger partial charge in [0.05, 0.1) is 25.1 Å². The van der Waals surface area contributed by atoms with Crippen LogP contribution in [0.3, 0.4) is 0 Å². The molecule has 2 aromatic heterocycles. The normalized spacial score (nSPS) is 18.0. The third-order valence-electron chi connectivity index (χ3n) is 4.04. The number of hydrogen-bond donors (Lipinski definition) is 0. The second-order valence-electron chi connectivity index (χ2n) is 5.40. The first-order valence-corrected chi connectivity index (χ1v) is 7.37. The van der Waals surface area contributed by atoms with E-state index in [-0.39, 0.29) is 5.56 Å². The van der Waals surface area contributed by atoms with Crippen molar-refractivity contribution in [3.8, 4) is 0 Å². The van der Waals surface area contributed by atoms with Gasteiger partial charge in [-0.1, -0.05) is 0 Å². The second-order valence-corrected chi connectivity index (χ2v) is 5.40. The van der Waals surface area contributed by atoms with Gasteiger partial charge in [0.2, 0.25) is 0 Å². The molecule has 0 unspecified atom stereocenters. The van der Waals surface area contributed by atoms with Gasteiger partial charge in [-0.2, -0.15) is 0 Å². The summed E-state index contributed by atoms with van der Waals surface area (Å²) in [6.07, 6.45) is 4.17. The summed E-state index contributed by atoms with van der Waals surface area (Å²) in [4.78, 5) is 23.2. The van der Waals surface area contributed by atoms with Crippen molar-refractivity contribution in [3.05, 3.63) is 35.0 Å². The van der Waals surface area contributed by atoms with Crippen molar-refractivity contribution in [2.24, 2.45) is 0 Å². The fourth-order valence-corrected chi connectivity index (χ4v) is 2.67. The van der Waals surface area contributed by atoms with Crippen LogP contribution < -0.4 is 5.56 Å². The highest BCUT2D eigenvalue weighted by Crippen LogP contribution is 2.08. The van der Waals surface area contributed by atoms with Crippen molar-refractivity contribution >= 4 is 11.0 Å². The van der Waals surface area contributed by atoms with Crippen LogP contribution in [-0.2, 0) is 11.3 Å². The predicted octanol–water partition coefficient (Wildman–Crippen LogP) is 0.902. The molecule has 0 aliphatic carbocycles. The summed E-state index contributed by atoms with van der Waals surface area (Å²) in [7, 11) is 0. The van der Waals surface area contributed by atoms with Crippen molar-refractivity contribution in [1.82, 2.24) is 19.4 Å². The average Bonchev–Trinajstić information content (AvgIpc) is 2.55. The minimum Gasteiger partial charge on any atom is -0.379 e. The lowest BCUT2D eigenvalue weighted by atomic mass is 10.2. The molecule has 0 bridgehead atoms. The first-order chi connectivity index (χ1) is 10.3. The number of aryl methyl sites for hydroxylation is 1. The molecule has 0 radical (unpaired) electrons. The Kier molecular flexibility index (Phi) is 4.26. The van der Waals surface area contributed by atoms with Gasteiger partial charge >= 0.3 is 0 Å². The molecule has 112 valence electrons. The number of aromatic nitrogens is 3. The number of hydrogen-bond acceptors (Lipinski definition) is 5. The molecule has 0 aromatic carbocycles. The van der Waals surface area contributed by atoms with E-state index in [0.29, 0.717) is 23.6 Å². The Hall–Kier alpha value is -1.79. The zero-order valence-corrected chi connectivity index (χ0v) is 12.2. The van der Waals surface area contributed by atoms with Crippen molar-refractivity contribution in [1.29, 1.82) is 0 Å². The van der Waals surface area contributed by atoms with Crippen molar-refractivity contribution in [2.75, 3.05) is 26.3 Å². The number of pyridine rings is 1.